The molecule has 7 aromatic rings. The Morgan fingerprint density at radius 2 is 1.58 bits per heavy atom. The molecule has 0 fully saturated rings. The summed E-state index contributed by atoms with van der Waals surface area (Å²) in [5.41, 5.74) is 3.65. The lowest BCUT2D eigenvalue weighted by Crippen LogP contribution is -1.93. The van der Waals surface area contributed by atoms with E-state index in [4.69, 9.17) is 16.8 Å². The molecule has 0 saturated carbocycles. The Morgan fingerprint density at radius 1 is 0.658 bits per heavy atom. The summed E-state index contributed by atoms with van der Waals surface area (Å²) in [6.07, 6.45) is 1.26. The molecule has 0 atom stereocenters. The molecule has 0 amide bonds. The maximum Gasteiger partial charge on any atom is 0.227 e. The molecular weight excluding hydrogens is 464 g/mol. The number of aryl methyl sites for hydroxylation is 3. The van der Waals surface area contributed by atoms with Crippen molar-refractivity contribution in [3.63, 3.8) is 0 Å². The molecule has 3 heterocycles. The van der Waals surface area contributed by atoms with Gasteiger partial charge >= 0.3 is 0 Å². The molecule has 0 spiro atoms. The van der Waals surface area contributed by atoms with E-state index < -0.39 is 20.6 Å². The van der Waals surface area contributed by atoms with Crippen molar-refractivity contribution in [3.8, 4) is 33.5 Å². The summed E-state index contributed by atoms with van der Waals surface area (Å²) in [5.74, 6) is 0. The molecule has 7 rings (SSSR count). The Morgan fingerprint density at radius 3 is 2.45 bits per heavy atom. The highest BCUT2D eigenvalue weighted by molar-refractivity contribution is 6.08. The standard InChI is InChI=1S/C35H26N2O/c1-21-20-36-33(31-11-7-10-29-30-15-12-22(2)37-35(30)38-34(29)31)19-32(21)28-17-14-26-18-25(13-16-27(26)23(28)3)24-8-5-4-6-9-24/h4-20H,1-3H3/i1D3,2D3,3D3. The number of rotatable bonds is 3. The lowest BCUT2D eigenvalue weighted by molar-refractivity contribution is 0.653. The molecule has 0 aliphatic rings. The number of hydrogen-bond acceptors (Lipinski definition) is 3. The fourth-order valence-corrected chi connectivity index (χ4v) is 5.07. The molecule has 0 aliphatic carbocycles. The highest BCUT2D eigenvalue weighted by Crippen LogP contribution is 2.38. The van der Waals surface area contributed by atoms with Crippen molar-refractivity contribution in [2.24, 2.45) is 0 Å². The second-order valence-electron chi connectivity index (χ2n) is 9.24. The summed E-state index contributed by atoms with van der Waals surface area (Å²) < 4.78 is 79.9. The van der Waals surface area contributed by atoms with Crippen molar-refractivity contribution in [3.05, 3.63) is 120 Å². The number of nitrogens with zero attached hydrogens (tertiary/aromatic N) is 2. The van der Waals surface area contributed by atoms with Crippen LogP contribution in [0, 0.1) is 20.6 Å². The first-order valence-electron chi connectivity index (χ1n) is 16.7. The molecule has 3 aromatic heterocycles. The van der Waals surface area contributed by atoms with Gasteiger partial charge in [0.15, 0.2) is 0 Å². The van der Waals surface area contributed by atoms with Gasteiger partial charge in [0.25, 0.3) is 0 Å². The summed E-state index contributed by atoms with van der Waals surface area (Å²) >= 11 is 0. The van der Waals surface area contributed by atoms with Crippen LogP contribution in [0.4, 0.5) is 0 Å². The summed E-state index contributed by atoms with van der Waals surface area (Å²) in [6.45, 7) is -7.59. The van der Waals surface area contributed by atoms with Gasteiger partial charge in [-0.1, -0.05) is 66.7 Å². The SMILES string of the molecule is [2H]C([2H])([2H])c1ccc2c(n1)oc1c(-c3cc(-c4ccc5cc(-c6ccccc6)ccc5c4C([2H])([2H])[2H])c(C([2H])([2H])[2H])cn3)cccc12. The number of para-hydroxylation sites is 1. The van der Waals surface area contributed by atoms with Crippen molar-refractivity contribution >= 4 is 32.8 Å². The van der Waals surface area contributed by atoms with Crippen LogP contribution < -0.4 is 0 Å². The minimum atomic E-state index is -2.60. The average molecular weight is 500 g/mol. The Kier molecular flexibility index (Phi) is 3.39. The molecule has 3 nitrogen and oxygen atoms in total. The summed E-state index contributed by atoms with van der Waals surface area (Å²) in [5, 5.41) is 2.49. The Hall–Kier alpha value is -4.76. The van der Waals surface area contributed by atoms with Crippen molar-refractivity contribution in [1.29, 1.82) is 0 Å². The molecule has 0 aliphatic heterocycles. The zero-order valence-electron chi connectivity index (χ0n) is 29.1. The molecule has 182 valence electrons. The fourth-order valence-electron chi connectivity index (χ4n) is 5.07. The molecule has 0 bridgehead atoms. The summed E-state index contributed by atoms with van der Waals surface area (Å²) in [7, 11) is 0. The van der Waals surface area contributed by atoms with E-state index in [1.807, 2.05) is 54.6 Å². The van der Waals surface area contributed by atoms with Gasteiger partial charge in [-0.3, -0.25) is 4.98 Å². The van der Waals surface area contributed by atoms with E-state index in [0.29, 0.717) is 38.4 Å². The Labute approximate surface area is 234 Å². The molecule has 4 aromatic carbocycles. The molecular formula is C35H26N2O. The van der Waals surface area contributed by atoms with Crippen LogP contribution in [0.1, 0.15) is 29.2 Å². The van der Waals surface area contributed by atoms with Crippen molar-refractivity contribution in [2.45, 2.75) is 20.6 Å². The third-order valence-corrected chi connectivity index (χ3v) is 6.96. The second-order valence-corrected chi connectivity index (χ2v) is 9.24. The van der Waals surface area contributed by atoms with E-state index in [1.165, 1.54) is 12.3 Å². The van der Waals surface area contributed by atoms with Gasteiger partial charge in [0, 0.05) is 40.6 Å². The van der Waals surface area contributed by atoms with E-state index in [1.54, 1.807) is 36.4 Å². The van der Waals surface area contributed by atoms with Crippen molar-refractivity contribution in [1.82, 2.24) is 9.97 Å². The van der Waals surface area contributed by atoms with Gasteiger partial charge in [0.1, 0.15) is 5.58 Å². The minimum Gasteiger partial charge on any atom is -0.437 e. The quantitative estimate of drug-likeness (QED) is 0.243. The van der Waals surface area contributed by atoms with E-state index >= 15 is 0 Å². The van der Waals surface area contributed by atoms with Gasteiger partial charge < -0.3 is 4.42 Å². The predicted molar refractivity (Wildman–Crippen MR) is 157 cm³/mol. The number of hydrogen-bond donors (Lipinski definition) is 0. The van der Waals surface area contributed by atoms with E-state index in [-0.39, 0.29) is 33.7 Å². The van der Waals surface area contributed by atoms with Crippen LogP contribution in [0.3, 0.4) is 0 Å². The van der Waals surface area contributed by atoms with Gasteiger partial charge in [0.05, 0.1) is 5.69 Å². The van der Waals surface area contributed by atoms with Gasteiger partial charge in [-0.15, -0.1) is 0 Å². The Balaban J connectivity index is 1.46. The third-order valence-electron chi connectivity index (χ3n) is 6.96. The second kappa shape index (κ2) is 8.67. The predicted octanol–water partition coefficient (Wildman–Crippen LogP) is 9.46. The number of pyridine rings is 2. The highest BCUT2D eigenvalue weighted by Gasteiger charge is 2.16. The molecule has 0 saturated heterocycles. The number of benzene rings is 4. The molecule has 0 N–H and O–H groups in total. The monoisotopic (exact) mass is 499 g/mol. The van der Waals surface area contributed by atoms with Gasteiger partial charge in [-0.2, -0.15) is 0 Å². The van der Waals surface area contributed by atoms with Gasteiger partial charge in [0.2, 0.25) is 5.71 Å². The average Bonchev–Trinajstić information content (AvgIpc) is 3.41. The van der Waals surface area contributed by atoms with Crippen LogP contribution in [0.15, 0.2) is 108 Å². The zero-order valence-corrected chi connectivity index (χ0v) is 20.1. The number of furan rings is 1. The smallest absolute Gasteiger partial charge is 0.227 e. The van der Waals surface area contributed by atoms with Crippen LogP contribution in [0.2, 0.25) is 0 Å². The highest BCUT2D eigenvalue weighted by atomic mass is 16.3. The maximum absolute atomic E-state index is 8.55. The summed E-state index contributed by atoms with van der Waals surface area (Å²) in [6, 6.07) is 28.8. The maximum atomic E-state index is 8.55. The minimum absolute atomic E-state index is 0.0422. The topological polar surface area (TPSA) is 38.9 Å². The van der Waals surface area contributed by atoms with Crippen LogP contribution in [0.25, 0.3) is 66.4 Å². The normalized spacial score (nSPS) is 16.1. The number of aromatic nitrogens is 2. The lowest BCUT2D eigenvalue weighted by atomic mass is 9.91. The molecule has 0 radical (unpaired) electrons. The van der Waals surface area contributed by atoms with Crippen LogP contribution in [0.5, 0.6) is 0 Å². The number of fused-ring (bicyclic) bond motifs is 4. The van der Waals surface area contributed by atoms with E-state index in [0.717, 1.165) is 11.1 Å². The van der Waals surface area contributed by atoms with Crippen LogP contribution in [-0.4, -0.2) is 9.97 Å². The van der Waals surface area contributed by atoms with Crippen LogP contribution in [-0.2, 0) is 0 Å². The zero-order chi connectivity index (χ0) is 33.3. The van der Waals surface area contributed by atoms with E-state index in [2.05, 4.69) is 9.97 Å². The van der Waals surface area contributed by atoms with Gasteiger partial charge in [-0.25, -0.2) is 4.98 Å². The fraction of sp³-hybridized carbons (Fsp3) is 0.0857. The van der Waals surface area contributed by atoms with Crippen LogP contribution >= 0.6 is 0 Å². The first-order chi connectivity index (χ1) is 22.2. The summed E-state index contributed by atoms with van der Waals surface area (Å²) in [4.78, 5) is 8.74. The van der Waals surface area contributed by atoms with Crippen molar-refractivity contribution < 1.29 is 16.8 Å². The first-order valence-corrected chi connectivity index (χ1v) is 12.2. The third kappa shape index (κ3) is 3.59. The largest absolute Gasteiger partial charge is 0.437 e. The van der Waals surface area contributed by atoms with Gasteiger partial charge in [-0.05, 0) is 95.0 Å². The van der Waals surface area contributed by atoms with Crippen molar-refractivity contribution in [2.75, 3.05) is 0 Å². The molecule has 0 unspecified atom stereocenters. The Bertz CT molecular complexity index is 2320. The van der Waals surface area contributed by atoms with E-state index in [9.17, 15) is 0 Å². The molecule has 3 heteroatoms. The lowest BCUT2D eigenvalue weighted by Gasteiger charge is -2.14. The molecule has 38 heavy (non-hydrogen) atoms. The first kappa shape index (κ1) is 14.8.